The van der Waals surface area contributed by atoms with Crippen LogP contribution in [0.1, 0.15) is 37.2 Å². The Morgan fingerprint density at radius 2 is 1.71 bits per heavy atom. The first-order chi connectivity index (χ1) is 17.0. The van der Waals surface area contributed by atoms with Gasteiger partial charge in [-0.15, -0.1) is 0 Å². The zero-order chi connectivity index (χ0) is 24.4. The fraction of sp³-hybridized carbons (Fsp3) is 0.481. The molecule has 0 aliphatic carbocycles. The Morgan fingerprint density at radius 3 is 2.40 bits per heavy atom. The number of nitrogens with zero attached hydrogens (tertiary/aromatic N) is 7. The van der Waals surface area contributed by atoms with Gasteiger partial charge >= 0.3 is 0 Å². The Bertz CT molecular complexity index is 1180. The van der Waals surface area contributed by atoms with E-state index < -0.39 is 0 Å². The van der Waals surface area contributed by atoms with Crippen molar-refractivity contribution in [3.05, 3.63) is 64.8 Å². The molecule has 2 aliphatic heterocycles. The summed E-state index contributed by atoms with van der Waals surface area (Å²) in [6, 6.07) is 13.2. The molecular weight excluding hydrogens is 438 g/mol. The Labute approximate surface area is 207 Å². The van der Waals surface area contributed by atoms with Crippen LogP contribution >= 0.6 is 0 Å². The van der Waals surface area contributed by atoms with E-state index in [0.29, 0.717) is 29.3 Å². The molecule has 3 aromatic rings. The molecule has 2 aliphatic rings. The van der Waals surface area contributed by atoms with Crippen molar-refractivity contribution in [1.29, 1.82) is 0 Å². The topological polar surface area (TPSA) is 70.4 Å². The summed E-state index contributed by atoms with van der Waals surface area (Å²) >= 11 is 0. The molecule has 2 saturated heterocycles. The highest BCUT2D eigenvalue weighted by molar-refractivity contribution is 5.55. The number of hydrogen-bond donors (Lipinski definition) is 0. The molecule has 1 aromatic carbocycles. The monoisotopic (exact) mass is 473 g/mol. The highest BCUT2D eigenvalue weighted by Crippen LogP contribution is 2.31. The maximum absolute atomic E-state index is 12.7. The third-order valence-electron chi connectivity index (χ3n) is 7.58. The third kappa shape index (κ3) is 5.07. The molecule has 1 unspecified atom stereocenters. The Balaban J connectivity index is 1.31. The second-order valence-corrected chi connectivity index (χ2v) is 9.99. The molecule has 2 aromatic heterocycles. The number of piperidine rings is 2. The summed E-state index contributed by atoms with van der Waals surface area (Å²) in [5, 5.41) is 0. The zero-order valence-corrected chi connectivity index (χ0v) is 21.0. The van der Waals surface area contributed by atoms with Crippen LogP contribution in [0.2, 0.25) is 0 Å². The summed E-state index contributed by atoms with van der Waals surface area (Å²) in [6.45, 7) is 3.97. The van der Waals surface area contributed by atoms with Gasteiger partial charge in [0.2, 0.25) is 5.95 Å². The van der Waals surface area contributed by atoms with Crippen molar-refractivity contribution < 1.29 is 0 Å². The van der Waals surface area contributed by atoms with Gasteiger partial charge in [-0.1, -0.05) is 12.1 Å². The summed E-state index contributed by atoms with van der Waals surface area (Å²) in [5.74, 6) is 1.12. The molecule has 4 heterocycles. The van der Waals surface area contributed by atoms with Crippen molar-refractivity contribution in [1.82, 2.24) is 24.4 Å². The average Bonchev–Trinajstić information content (AvgIpc) is 2.91. The molecule has 2 fully saturated rings. The van der Waals surface area contributed by atoms with Gasteiger partial charge in [-0.25, -0.2) is 15.0 Å². The van der Waals surface area contributed by atoms with Crippen LogP contribution in [0.4, 0.5) is 11.6 Å². The van der Waals surface area contributed by atoms with E-state index in [9.17, 15) is 4.79 Å². The molecule has 0 N–H and O–H groups in total. The molecule has 0 amide bonds. The summed E-state index contributed by atoms with van der Waals surface area (Å²) < 4.78 is 1.65. The van der Waals surface area contributed by atoms with Gasteiger partial charge in [-0.2, -0.15) is 0 Å². The van der Waals surface area contributed by atoms with Gasteiger partial charge in [0.1, 0.15) is 6.33 Å². The van der Waals surface area contributed by atoms with Gasteiger partial charge in [0.05, 0.1) is 11.4 Å². The van der Waals surface area contributed by atoms with E-state index in [-0.39, 0.29) is 5.56 Å². The van der Waals surface area contributed by atoms with E-state index in [2.05, 4.69) is 63.0 Å². The highest BCUT2D eigenvalue weighted by atomic mass is 16.1. The zero-order valence-electron chi connectivity index (χ0n) is 21.0. The van der Waals surface area contributed by atoms with Gasteiger partial charge in [-0.05, 0) is 63.5 Å². The highest BCUT2D eigenvalue weighted by Gasteiger charge is 2.25. The molecule has 184 valence electrons. The van der Waals surface area contributed by atoms with Crippen LogP contribution in [0.15, 0.2) is 53.7 Å². The lowest BCUT2D eigenvalue weighted by Crippen LogP contribution is -2.42. The summed E-state index contributed by atoms with van der Waals surface area (Å²) in [4.78, 5) is 32.9. The van der Waals surface area contributed by atoms with Crippen molar-refractivity contribution in [2.75, 3.05) is 50.1 Å². The van der Waals surface area contributed by atoms with Crippen LogP contribution in [0.5, 0.6) is 0 Å². The smallest absolute Gasteiger partial charge is 0.255 e. The number of benzene rings is 1. The quantitative estimate of drug-likeness (QED) is 0.564. The van der Waals surface area contributed by atoms with Crippen molar-refractivity contribution in [2.24, 2.45) is 7.05 Å². The largest absolute Gasteiger partial charge is 0.371 e. The van der Waals surface area contributed by atoms with Gasteiger partial charge < -0.3 is 14.7 Å². The lowest BCUT2D eigenvalue weighted by atomic mass is 9.90. The van der Waals surface area contributed by atoms with E-state index in [1.54, 1.807) is 29.9 Å². The summed E-state index contributed by atoms with van der Waals surface area (Å²) in [5.41, 5.74) is 3.86. The Hall–Kier alpha value is -3.26. The maximum atomic E-state index is 12.7. The Kier molecular flexibility index (Phi) is 6.81. The molecule has 0 saturated carbocycles. The Morgan fingerprint density at radius 1 is 0.943 bits per heavy atom. The summed E-state index contributed by atoms with van der Waals surface area (Å²) in [7, 11) is 6.16. The van der Waals surface area contributed by atoms with Gasteiger partial charge in [0.15, 0.2) is 0 Å². The molecule has 0 radical (unpaired) electrons. The molecule has 5 rings (SSSR count). The van der Waals surface area contributed by atoms with E-state index in [0.717, 1.165) is 39.0 Å². The van der Waals surface area contributed by atoms with Crippen LogP contribution in [0, 0.1) is 0 Å². The second-order valence-electron chi connectivity index (χ2n) is 9.99. The number of rotatable bonds is 5. The van der Waals surface area contributed by atoms with Crippen LogP contribution in [-0.4, -0.2) is 70.7 Å². The van der Waals surface area contributed by atoms with Crippen molar-refractivity contribution >= 4 is 11.6 Å². The third-order valence-corrected chi connectivity index (χ3v) is 7.58. The summed E-state index contributed by atoms with van der Waals surface area (Å²) in [6.07, 6.45) is 7.80. The van der Waals surface area contributed by atoms with E-state index in [1.807, 2.05) is 0 Å². The van der Waals surface area contributed by atoms with Crippen LogP contribution < -0.4 is 15.4 Å². The number of aromatic nitrogens is 4. The van der Waals surface area contributed by atoms with Crippen molar-refractivity contribution in [3.63, 3.8) is 0 Å². The molecule has 8 heteroatoms. The number of hydrogen-bond acceptors (Lipinski definition) is 7. The lowest BCUT2D eigenvalue weighted by Gasteiger charge is -2.37. The van der Waals surface area contributed by atoms with Crippen molar-refractivity contribution in [3.8, 4) is 11.4 Å². The van der Waals surface area contributed by atoms with Gasteiger partial charge in [0, 0.05) is 63.1 Å². The van der Waals surface area contributed by atoms with Gasteiger partial charge in [0.25, 0.3) is 5.56 Å². The SMILES string of the molecule is CN(C)C1CCN(c2ccc(C3CCCN(c4nc(-c5ccncn5)cc(=O)n4C)C3)cc2)CC1. The minimum absolute atomic E-state index is 0.0758. The molecular formula is C27H35N7O. The first-order valence-electron chi connectivity index (χ1n) is 12.6. The fourth-order valence-electron chi connectivity index (χ4n) is 5.41. The lowest BCUT2D eigenvalue weighted by molar-refractivity contribution is 0.249. The minimum atomic E-state index is -0.0758. The molecule has 0 bridgehead atoms. The van der Waals surface area contributed by atoms with Crippen LogP contribution in [0.3, 0.4) is 0 Å². The van der Waals surface area contributed by atoms with E-state index in [1.165, 1.54) is 30.4 Å². The predicted molar refractivity (Wildman–Crippen MR) is 140 cm³/mol. The van der Waals surface area contributed by atoms with Crippen molar-refractivity contribution in [2.45, 2.75) is 37.6 Å². The molecule has 1 atom stereocenters. The first-order valence-corrected chi connectivity index (χ1v) is 12.6. The predicted octanol–water partition coefficient (Wildman–Crippen LogP) is 3.15. The number of anilines is 2. The molecule has 8 nitrogen and oxygen atoms in total. The average molecular weight is 474 g/mol. The minimum Gasteiger partial charge on any atom is -0.371 e. The van der Waals surface area contributed by atoms with Crippen LogP contribution in [0.25, 0.3) is 11.4 Å². The second kappa shape index (κ2) is 10.2. The van der Waals surface area contributed by atoms with E-state index in [4.69, 9.17) is 4.98 Å². The van der Waals surface area contributed by atoms with Gasteiger partial charge in [-0.3, -0.25) is 9.36 Å². The normalized spacial score (nSPS) is 19.4. The van der Waals surface area contributed by atoms with E-state index >= 15 is 0 Å². The first kappa shape index (κ1) is 23.5. The van der Waals surface area contributed by atoms with Crippen LogP contribution in [-0.2, 0) is 7.05 Å². The molecule has 35 heavy (non-hydrogen) atoms. The standard InChI is InChI=1S/C27H35N7O/c1-31(2)22-11-15-33(16-12-22)23-8-6-20(7-9-23)21-5-4-14-34(18-21)27-30-25(17-26(35)32(27)3)24-10-13-28-19-29-24/h6-10,13,17,19,21-22H,4-5,11-12,14-16,18H2,1-3H3. The fourth-order valence-corrected chi connectivity index (χ4v) is 5.41. The molecule has 0 spiro atoms. The maximum Gasteiger partial charge on any atom is 0.255 e.